The number of hydrogen-bond acceptors (Lipinski definition) is 12. The summed E-state index contributed by atoms with van der Waals surface area (Å²) in [5.41, 5.74) is 0. The molecule has 0 N–H and O–H groups in total. The molecule has 0 aromatic rings. The maximum absolute atomic E-state index is 8.58. The zero-order valence-corrected chi connectivity index (χ0v) is 12.5. The third-order valence-corrected chi connectivity index (χ3v) is 0. The van der Waals surface area contributed by atoms with E-state index >= 15 is 0 Å². The Kier molecular flexibility index (Phi) is 22.2. The third-order valence-electron chi connectivity index (χ3n) is 0. The molecular weight excluding hydrogens is 468 g/mol. The molecule has 0 aliphatic carbocycles. The molecule has 0 aliphatic heterocycles. The van der Waals surface area contributed by atoms with Crippen LogP contribution in [-0.2, 0) is 97.3 Å². The zero-order valence-electron chi connectivity index (χ0n) is 6.74. The van der Waals surface area contributed by atoms with E-state index in [0.717, 1.165) is 0 Å². The van der Waals surface area contributed by atoms with E-state index in [0.29, 0.717) is 0 Å². The van der Waals surface area contributed by atoms with E-state index in [1.165, 1.54) is 0 Å². The van der Waals surface area contributed by atoms with Crippen LogP contribution in [0, 0.1) is 0 Å². The van der Waals surface area contributed by atoms with E-state index in [1.54, 1.807) is 0 Å². The maximum atomic E-state index is 8.58. The molecule has 17 heteroatoms. The Morgan fingerprint density at radius 2 is 0.412 bits per heavy atom. The van der Waals surface area contributed by atoms with Gasteiger partial charge in [0.25, 0.3) is 0 Å². The van der Waals surface area contributed by atoms with Gasteiger partial charge in [-0.05, 0) is 0 Å². The standard InChI is InChI=1S/2Fe.3Mn.12O/q2*+3;;;;;;;;;;6*-1. The SMILES string of the molecule is [Fe+3].[Fe+3].[O]=[Mn](=[O])([O-])[O-].[O]=[Mn](=[O])([O-])[O-].[O]=[Mn](=[O])([O-])[O-]. The van der Waals surface area contributed by atoms with Crippen molar-refractivity contribution < 1.29 is 122 Å². The Hall–Kier alpha value is 1.16. The monoisotopic (exact) mass is 469 g/mol. The Morgan fingerprint density at radius 1 is 0.412 bits per heavy atom. The van der Waals surface area contributed by atoms with Crippen molar-refractivity contribution in [3.63, 3.8) is 0 Å². The van der Waals surface area contributed by atoms with Crippen molar-refractivity contribution in [3.05, 3.63) is 0 Å². The molecule has 0 saturated heterocycles. The summed E-state index contributed by atoms with van der Waals surface area (Å²) in [7, 11) is 0. The molecule has 109 valence electrons. The van der Waals surface area contributed by atoms with E-state index < -0.39 is 40.1 Å². The van der Waals surface area contributed by atoms with Crippen molar-refractivity contribution in [2.24, 2.45) is 0 Å². The Morgan fingerprint density at radius 3 is 0.412 bits per heavy atom. The van der Waals surface area contributed by atoms with Crippen molar-refractivity contribution in [3.8, 4) is 0 Å². The molecule has 0 fully saturated rings. The zero-order chi connectivity index (χ0) is 13.5. The molecule has 17 heavy (non-hydrogen) atoms. The Bertz CT molecular complexity index is 341. The van der Waals surface area contributed by atoms with Gasteiger partial charge in [-0.2, -0.15) is 0 Å². The van der Waals surface area contributed by atoms with Crippen molar-refractivity contribution in [1.82, 2.24) is 0 Å². The third kappa shape index (κ3) is 2940. The van der Waals surface area contributed by atoms with E-state index in [9.17, 15) is 0 Å². The second-order valence-corrected chi connectivity index (χ2v) is 4.68. The van der Waals surface area contributed by atoms with Crippen molar-refractivity contribution in [2.45, 2.75) is 0 Å². The summed E-state index contributed by atoms with van der Waals surface area (Å²) in [5, 5.41) is 0. The predicted molar refractivity (Wildman–Crippen MR) is 4.12 cm³/mol. The van der Waals surface area contributed by atoms with Crippen LogP contribution in [0.3, 0.4) is 0 Å². The first-order valence-electron chi connectivity index (χ1n) is 1.85. The van der Waals surface area contributed by atoms with Crippen LogP contribution in [-0.4, -0.2) is 0 Å². The van der Waals surface area contributed by atoms with Crippen molar-refractivity contribution in [1.29, 1.82) is 0 Å². The van der Waals surface area contributed by atoms with Crippen LogP contribution in [0.15, 0.2) is 0 Å². The molecule has 0 amide bonds. The van der Waals surface area contributed by atoms with Crippen LogP contribution in [0.25, 0.3) is 0 Å². The van der Waals surface area contributed by atoms with Gasteiger partial charge in [0, 0.05) is 0 Å². The number of rotatable bonds is 0. The van der Waals surface area contributed by atoms with Gasteiger partial charge >= 0.3 is 122 Å². The number of hydrogen-bond donors (Lipinski definition) is 0. The van der Waals surface area contributed by atoms with Gasteiger partial charge in [-0.25, -0.2) is 0 Å². The van der Waals surface area contributed by atoms with Crippen molar-refractivity contribution in [2.75, 3.05) is 0 Å². The summed E-state index contributed by atoms with van der Waals surface area (Å²) in [6.45, 7) is 0. The van der Waals surface area contributed by atoms with Crippen LogP contribution in [0.2, 0.25) is 0 Å². The molecule has 0 spiro atoms. The van der Waals surface area contributed by atoms with E-state index in [-0.39, 0.29) is 34.1 Å². The van der Waals surface area contributed by atoms with Crippen molar-refractivity contribution >= 4 is 0 Å². The molecular formula is Fe2Mn3O12. The molecule has 0 aliphatic rings. The van der Waals surface area contributed by atoms with Gasteiger partial charge in [0.15, 0.2) is 0 Å². The average Bonchev–Trinajstić information content (AvgIpc) is 1.41. The molecule has 2 radical (unpaired) electrons. The second kappa shape index (κ2) is 12.2. The quantitative estimate of drug-likeness (QED) is 0.301. The fourth-order valence-corrected chi connectivity index (χ4v) is 0. The molecule has 0 aromatic heterocycles. The van der Waals surface area contributed by atoms with Crippen LogP contribution in [0.4, 0.5) is 0 Å². The molecule has 12 nitrogen and oxygen atoms in total. The fourth-order valence-electron chi connectivity index (χ4n) is 0. The second-order valence-electron chi connectivity index (χ2n) is 1.13. The van der Waals surface area contributed by atoms with E-state index in [1.807, 2.05) is 0 Å². The molecule has 0 unspecified atom stereocenters. The normalized spacial score (nSPS) is 10.2. The van der Waals surface area contributed by atoms with Gasteiger partial charge in [0.2, 0.25) is 0 Å². The van der Waals surface area contributed by atoms with Gasteiger partial charge in [-0.3, -0.25) is 0 Å². The van der Waals surface area contributed by atoms with Crippen LogP contribution < -0.4 is 25.1 Å². The fraction of sp³-hybridized carbons (Fsp3) is 0. The van der Waals surface area contributed by atoms with Crippen LogP contribution >= 0.6 is 0 Å². The van der Waals surface area contributed by atoms with E-state index in [4.69, 9.17) is 48.1 Å². The van der Waals surface area contributed by atoms with Gasteiger partial charge in [-0.15, -0.1) is 0 Å². The first kappa shape index (κ1) is 30.9. The minimum absolute atomic E-state index is 0. The first-order chi connectivity index (χ1) is 6.00. The minimum atomic E-state index is -5.62. The molecule has 0 atom stereocenters. The Balaban J connectivity index is -0.0000000400. The molecule has 0 bridgehead atoms. The Labute approximate surface area is 121 Å². The summed E-state index contributed by atoms with van der Waals surface area (Å²) < 4.78 is 103. The van der Waals surface area contributed by atoms with Crippen LogP contribution in [0.1, 0.15) is 0 Å². The summed E-state index contributed by atoms with van der Waals surface area (Å²) >= 11 is -16.9. The van der Waals surface area contributed by atoms with Gasteiger partial charge < -0.3 is 0 Å². The molecule has 0 aromatic carbocycles. The topological polar surface area (TPSA) is 241 Å². The average molecular weight is 468 g/mol. The predicted octanol–water partition coefficient (Wildman–Crippen LogP) is -7.86. The summed E-state index contributed by atoms with van der Waals surface area (Å²) in [5.74, 6) is 0. The molecule has 0 rings (SSSR count). The summed E-state index contributed by atoms with van der Waals surface area (Å²) in [6, 6.07) is 0. The first-order valence-corrected chi connectivity index (χ1v) is 7.63. The summed E-state index contributed by atoms with van der Waals surface area (Å²) in [4.78, 5) is 0. The van der Waals surface area contributed by atoms with Crippen LogP contribution in [0.5, 0.6) is 0 Å². The van der Waals surface area contributed by atoms with Gasteiger partial charge in [0.1, 0.15) is 0 Å². The summed E-state index contributed by atoms with van der Waals surface area (Å²) in [6.07, 6.45) is 0. The van der Waals surface area contributed by atoms with Gasteiger partial charge in [0.05, 0.1) is 0 Å². The van der Waals surface area contributed by atoms with Gasteiger partial charge in [-0.1, -0.05) is 0 Å². The molecule has 0 heterocycles. The molecule has 0 saturated carbocycles. The van der Waals surface area contributed by atoms with E-state index in [2.05, 4.69) is 0 Å².